The molecule has 2 amide bonds. The fraction of sp³-hybridized carbons (Fsp3) is 0.526. The number of hydrogen-bond acceptors (Lipinski definition) is 4. The standard InChI is InChI=1S/C19H26N4O3/c1-14-13-15(2)23(21-14)9-4-8-20-18(24)16-6-10-22(11-7-16)19(25)17-5-3-12-26-17/h3,5,12-13,16H,4,6-11H2,1-2H3,(H,20,24). The van der Waals surface area contributed by atoms with Crippen molar-refractivity contribution in [1.29, 1.82) is 0 Å². The van der Waals surface area contributed by atoms with Gasteiger partial charge in [0, 0.05) is 37.8 Å². The van der Waals surface area contributed by atoms with Crippen LogP contribution in [-0.4, -0.2) is 46.1 Å². The number of carbonyl (C=O) groups is 2. The number of nitrogens with one attached hydrogen (secondary N) is 1. The van der Waals surface area contributed by atoms with Gasteiger partial charge in [0.25, 0.3) is 5.91 Å². The lowest BCUT2D eigenvalue weighted by Crippen LogP contribution is -2.43. The molecule has 1 N–H and O–H groups in total. The van der Waals surface area contributed by atoms with Crippen molar-refractivity contribution in [3.63, 3.8) is 0 Å². The number of furan rings is 1. The summed E-state index contributed by atoms with van der Waals surface area (Å²) in [5, 5.41) is 7.44. The normalized spacial score (nSPS) is 15.2. The van der Waals surface area contributed by atoms with Crippen LogP contribution in [0.3, 0.4) is 0 Å². The van der Waals surface area contributed by atoms with Gasteiger partial charge >= 0.3 is 0 Å². The van der Waals surface area contributed by atoms with Crippen LogP contribution in [0, 0.1) is 19.8 Å². The van der Waals surface area contributed by atoms with E-state index in [4.69, 9.17) is 4.42 Å². The van der Waals surface area contributed by atoms with Crippen molar-refractivity contribution < 1.29 is 14.0 Å². The maximum atomic E-state index is 12.3. The second kappa shape index (κ2) is 8.21. The number of amides is 2. The Hall–Kier alpha value is -2.57. The third-order valence-corrected chi connectivity index (χ3v) is 4.83. The summed E-state index contributed by atoms with van der Waals surface area (Å²) in [4.78, 5) is 26.3. The number of nitrogens with zero attached hydrogens (tertiary/aromatic N) is 3. The SMILES string of the molecule is Cc1cc(C)n(CCCNC(=O)C2CCN(C(=O)c3ccco3)CC2)n1. The molecule has 1 saturated heterocycles. The minimum atomic E-state index is -0.0984. The summed E-state index contributed by atoms with van der Waals surface area (Å²) < 4.78 is 7.13. The van der Waals surface area contributed by atoms with Gasteiger partial charge in [0.2, 0.25) is 5.91 Å². The summed E-state index contributed by atoms with van der Waals surface area (Å²) in [6, 6.07) is 5.43. The molecule has 0 saturated carbocycles. The first-order valence-electron chi connectivity index (χ1n) is 9.16. The second-order valence-corrected chi connectivity index (χ2v) is 6.84. The first kappa shape index (κ1) is 18.2. The van der Waals surface area contributed by atoms with Crippen molar-refractivity contribution in [1.82, 2.24) is 20.0 Å². The van der Waals surface area contributed by atoms with Gasteiger partial charge in [-0.25, -0.2) is 0 Å². The highest BCUT2D eigenvalue weighted by Gasteiger charge is 2.28. The van der Waals surface area contributed by atoms with E-state index in [9.17, 15) is 9.59 Å². The number of aromatic nitrogens is 2. The molecule has 7 heteroatoms. The van der Waals surface area contributed by atoms with E-state index in [1.165, 1.54) is 6.26 Å². The number of hydrogen-bond donors (Lipinski definition) is 1. The molecule has 140 valence electrons. The summed E-state index contributed by atoms with van der Waals surface area (Å²) in [6.45, 7) is 6.64. The molecule has 2 aromatic rings. The zero-order chi connectivity index (χ0) is 18.5. The highest BCUT2D eigenvalue weighted by molar-refractivity contribution is 5.91. The Morgan fingerprint density at radius 3 is 2.69 bits per heavy atom. The van der Waals surface area contributed by atoms with Gasteiger partial charge in [0.15, 0.2) is 5.76 Å². The Morgan fingerprint density at radius 1 is 1.31 bits per heavy atom. The van der Waals surface area contributed by atoms with Gasteiger partial charge in [-0.3, -0.25) is 14.3 Å². The van der Waals surface area contributed by atoms with Crippen molar-refractivity contribution in [3.8, 4) is 0 Å². The maximum absolute atomic E-state index is 12.3. The van der Waals surface area contributed by atoms with E-state index in [0.29, 0.717) is 38.2 Å². The van der Waals surface area contributed by atoms with E-state index in [-0.39, 0.29) is 17.7 Å². The van der Waals surface area contributed by atoms with Gasteiger partial charge in [0.1, 0.15) is 0 Å². The molecule has 2 aromatic heterocycles. The molecule has 0 atom stereocenters. The number of piperidine rings is 1. The molecule has 0 bridgehead atoms. The van der Waals surface area contributed by atoms with Crippen molar-refractivity contribution >= 4 is 11.8 Å². The molecule has 0 aliphatic carbocycles. The predicted molar refractivity (Wildman–Crippen MR) is 96.7 cm³/mol. The van der Waals surface area contributed by atoms with Gasteiger partial charge < -0.3 is 14.6 Å². The summed E-state index contributed by atoms with van der Waals surface area (Å²) in [5.41, 5.74) is 2.16. The fourth-order valence-corrected chi connectivity index (χ4v) is 3.39. The summed E-state index contributed by atoms with van der Waals surface area (Å²) in [7, 11) is 0. The van der Waals surface area contributed by atoms with Crippen molar-refractivity contribution in [3.05, 3.63) is 41.6 Å². The molecule has 0 radical (unpaired) electrons. The zero-order valence-corrected chi connectivity index (χ0v) is 15.4. The Balaban J connectivity index is 1.37. The third-order valence-electron chi connectivity index (χ3n) is 4.83. The van der Waals surface area contributed by atoms with Crippen molar-refractivity contribution in [2.45, 2.75) is 39.7 Å². The van der Waals surface area contributed by atoms with Crippen LogP contribution >= 0.6 is 0 Å². The van der Waals surface area contributed by atoms with Crippen molar-refractivity contribution in [2.75, 3.05) is 19.6 Å². The lowest BCUT2D eigenvalue weighted by atomic mass is 9.95. The molecule has 1 aliphatic heterocycles. The molecule has 0 spiro atoms. The van der Waals surface area contributed by atoms with Crippen LogP contribution in [0.15, 0.2) is 28.9 Å². The average Bonchev–Trinajstić information content (AvgIpc) is 3.28. The molecule has 3 rings (SSSR count). The topological polar surface area (TPSA) is 80.4 Å². The second-order valence-electron chi connectivity index (χ2n) is 6.84. The first-order chi connectivity index (χ1) is 12.5. The maximum Gasteiger partial charge on any atom is 0.289 e. The lowest BCUT2D eigenvalue weighted by molar-refractivity contribution is -0.126. The minimum Gasteiger partial charge on any atom is -0.459 e. The summed E-state index contributed by atoms with van der Waals surface area (Å²) in [6.07, 6.45) is 3.73. The largest absolute Gasteiger partial charge is 0.459 e. The van der Waals surface area contributed by atoms with E-state index in [0.717, 1.165) is 24.4 Å². The zero-order valence-electron chi connectivity index (χ0n) is 15.4. The first-order valence-corrected chi connectivity index (χ1v) is 9.16. The molecular formula is C19H26N4O3. The van der Waals surface area contributed by atoms with Crippen LogP contribution in [-0.2, 0) is 11.3 Å². The van der Waals surface area contributed by atoms with E-state index in [2.05, 4.69) is 16.5 Å². The van der Waals surface area contributed by atoms with E-state index < -0.39 is 0 Å². The molecule has 1 fully saturated rings. The molecule has 0 unspecified atom stereocenters. The van der Waals surface area contributed by atoms with Crippen LogP contribution in [0.1, 0.15) is 41.2 Å². The third kappa shape index (κ3) is 4.33. The van der Waals surface area contributed by atoms with Gasteiger partial charge in [-0.2, -0.15) is 5.10 Å². The monoisotopic (exact) mass is 358 g/mol. The lowest BCUT2D eigenvalue weighted by Gasteiger charge is -2.30. The van der Waals surface area contributed by atoms with Gasteiger partial charge in [-0.1, -0.05) is 0 Å². The fourth-order valence-electron chi connectivity index (χ4n) is 3.39. The van der Waals surface area contributed by atoms with E-state index in [1.54, 1.807) is 17.0 Å². The van der Waals surface area contributed by atoms with Gasteiger partial charge in [-0.15, -0.1) is 0 Å². The Labute approximate surface area is 153 Å². The van der Waals surface area contributed by atoms with Crippen LogP contribution in [0.4, 0.5) is 0 Å². The molecule has 26 heavy (non-hydrogen) atoms. The smallest absolute Gasteiger partial charge is 0.289 e. The highest BCUT2D eigenvalue weighted by Crippen LogP contribution is 2.19. The number of carbonyl (C=O) groups excluding carboxylic acids is 2. The quantitative estimate of drug-likeness (QED) is 0.803. The molecule has 0 aromatic carbocycles. The Kier molecular flexibility index (Phi) is 5.75. The predicted octanol–water partition coefficient (Wildman–Crippen LogP) is 2.15. The number of rotatable bonds is 6. The van der Waals surface area contributed by atoms with Crippen LogP contribution in [0.2, 0.25) is 0 Å². The minimum absolute atomic E-state index is 0.0238. The van der Waals surface area contributed by atoms with Crippen LogP contribution < -0.4 is 5.32 Å². The Bertz CT molecular complexity index is 743. The highest BCUT2D eigenvalue weighted by atomic mass is 16.3. The van der Waals surface area contributed by atoms with Crippen LogP contribution in [0.25, 0.3) is 0 Å². The molecule has 1 aliphatic rings. The van der Waals surface area contributed by atoms with Gasteiger partial charge in [0.05, 0.1) is 12.0 Å². The molecule has 7 nitrogen and oxygen atoms in total. The molecule has 3 heterocycles. The average molecular weight is 358 g/mol. The molecular weight excluding hydrogens is 332 g/mol. The number of aryl methyl sites for hydroxylation is 3. The Morgan fingerprint density at radius 2 is 2.08 bits per heavy atom. The van der Waals surface area contributed by atoms with E-state index in [1.807, 2.05) is 18.5 Å². The summed E-state index contributed by atoms with van der Waals surface area (Å²) in [5.74, 6) is 0.323. The van der Waals surface area contributed by atoms with Crippen molar-refractivity contribution in [2.24, 2.45) is 5.92 Å². The summed E-state index contributed by atoms with van der Waals surface area (Å²) >= 11 is 0. The van der Waals surface area contributed by atoms with Gasteiger partial charge in [-0.05, 0) is 51.3 Å². The van der Waals surface area contributed by atoms with E-state index >= 15 is 0 Å². The van der Waals surface area contributed by atoms with Crippen LogP contribution in [0.5, 0.6) is 0 Å². The number of likely N-dealkylation sites (tertiary alicyclic amines) is 1.